The minimum absolute atomic E-state index is 0.0601. The number of aromatic nitrogens is 3. The highest BCUT2D eigenvalue weighted by Crippen LogP contribution is 2.24. The molecule has 0 aliphatic carbocycles. The molecule has 1 aliphatic rings. The molecule has 2 aromatic heterocycles. The topological polar surface area (TPSA) is 64.2 Å². The van der Waals surface area contributed by atoms with E-state index in [1.807, 2.05) is 11.2 Å². The van der Waals surface area contributed by atoms with Gasteiger partial charge < -0.3 is 14.0 Å². The van der Waals surface area contributed by atoms with Crippen molar-refractivity contribution in [1.29, 1.82) is 0 Å². The van der Waals surface area contributed by atoms with Crippen LogP contribution in [-0.2, 0) is 6.54 Å². The number of aryl methyl sites for hydroxylation is 2. The Labute approximate surface area is 146 Å². The normalized spacial score (nSPS) is 15.8. The first-order valence-electron chi connectivity index (χ1n) is 8.74. The second-order valence-electron chi connectivity index (χ2n) is 6.93. The zero-order valence-corrected chi connectivity index (χ0v) is 14.6. The van der Waals surface area contributed by atoms with Crippen LogP contribution in [0.2, 0.25) is 0 Å². The zero-order chi connectivity index (χ0) is 17.4. The number of benzene rings is 1. The molecule has 3 aromatic rings. The van der Waals surface area contributed by atoms with Gasteiger partial charge in [-0.1, -0.05) is 5.16 Å². The second-order valence-corrected chi connectivity index (χ2v) is 6.93. The van der Waals surface area contributed by atoms with Gasteiger partial charge in [0, 0.05) is 25.7 Å². The van der Waals surface area contributed by atoms with Gasteiger partial charge in [-0.15, -0.1) is 0 Å². The molecule has 1 aliphatic heterocycles. The molecule has 1 aromatic carbocycles. The summed E-state index contributed by atoms with van der Waals surface area (Å²) in [5.41, 5.74) is 4.82. The summed E-state index contributed by atoms with van der Waals surface area (Å²) in [4.78, 5) is 18.7. The molecule has 130 valence electrons. The van der Waals surface area contributed by atoms with Gasteiger partial charge in [0.05, 0.1) is 23.6 Å². The van der Waals surface area contributed by atoms with Crippen molar-refractivity contribution in [1.82, 2.24) is 19.6 Å². The maximum Gasteiger partial charge on any atom is 0.292 e. The quantitative estimate of drug-likeness (QED) is 0.736. The Morgan fingerprint density at radius 1 is 1.24 bits per heavy atom. The van der Waals surface area contributed by atoms with Crippen molar-refractivity contribution in [3.05, 3.63) is 47.6 Å². The van der Waals surface area contributed by atoms with Crippen LogP contribution >= 0.6 is 0 Å². The first-order valence-corrected chi connectivity index (χ1v) is 8.74. The van der Waals surface area contributed by atoms with Crippen LogP contribution in [0.3, 0.4) is 0 Å². The summed E-state index contributed by atoms with van der Waals surface area (Å²) in [7, 11) is 0. The molecule has 0 atom stereocenters. The molecular formula is C19H22N4O2. The number of nitrogens with zero attached hydrogens (tertiary/aromatic N) is 4. The average Bonchev–Trinajstić information content (AvgIpc) is 3.27. The van der Waals surface area contributed by atoms with E-state index in [4.69, 9.17) is 4.52 Å². The number of fused-ring (bicyclic) bond motifs is 1. The number of rotatable bonds is 3. The van der Waals surface area contributed by atoms with Crippen molar-refractivity contribution in [2.45, 2.75) is 33.2 Å². The lowest BCUT2D eigenvalue weighted by molar-refractivity contribution is 0.0641. The molecule has 0 radical (unpaired) electrons. The van der Waals surface area contributed by atoms with E-state index in [-0.39, 0.29) is 5.91 Å². The largest absolute Gasteiger partial charge is 0.351 e. The summed E-state index contributed by atoms with van der Waals surface area (Å²) in [5.74, 6) is 0.817. The molecule has 0 spiro atoms. The molecule has 1 fully saturated rings. The highest BCUT2D eigenvalue weighted by atomic mass is 16.5. The Morgan fingerprint density at radius 3 is 2.72 bits per heavy atom. The fraction of sp³-hybridized carbons (Fsp3) is 0.421. The minimum Gasteiger partial charge on any atom is -0.351 e. The molecule has 0 saturated carbocycles. The maximum atomic E-state index is 12.3. The Hall–Kier alpha value is -2.63. The molecule has 6 heteroatoms. The van der Waals surface area contributed by atoms with Gasteiger partial charge in [0.2, 0.25) is 5.76 Å². The fourth-order valence-corrected chi connectivity index (χ4v) is 3.54. The number of hydrogen-bond donors (Lipinski definition) is 0. The fourth-order valence-electron chi connectivity index (χ4n) is 3.54. The van der Waals surface area contributed by atoms with E-state index < -0.39 is 0 Å². The van der Waals surface area contributed by atoms with Crippen LogP contribution in [0.1, 0.15) is 34.5 Å². The third kappa shape index (κ3) is 3.04. The van der Waals surface area contributed by atoms with Crippen molar-refractivity contribution >= 4 is 16.9 Å². The number of hydrogen-bond acceptors (Lipinski definition) is 4. The Bertz CT molecular complexity index is 890. The molecule has 4 rings (SSSR count). The predicted octanol–water partition coefficient (Wildman–Crippen LogP) is 3.19. The second kappa shape index (κ2) is 6.35. The van der Waals surface area contributed by atoms with Crippen LogP contribution < -0.4 is 0 Å². The Morgan fingerprint density at radius 2 is 2.00 bits per heavy atom. The van der Waals surface area contributed by atoms with Crippen LogP contribution in [0.5, 0.6) is 0 Å². The molecule has 25 heavy (non-hydrogen) atoms. The number of likely N-dealkylation sites (tertiary alicyclic amines) is 1. The molecule has 1 saturated heterocycles. The minimum atomic E-state index is -0.0601. The van der Waals surface area contributed by atoms with Gasteiger partial charge in [-0.3, -0.25) is 4.79 Å². The monoisotopic (exact) mass is 338 g/mol. The Balaban J connectivity index is 1.42. The van der Waals surface area contributed by atoms with Crippen molar-refractivity contribution in [2.75, 3.05) is 13.1 Å². The van der Waals surface area contributed by atoms with E-state index in [0.717, 1.165) is 38.0 Å². The van der Waals surface area contributed by atoms with E-state index in [2.05, 4.69) is 40.7 Å². The number of carbonyl (C=O) groups is 1. The van der Waals surface area contributed by atoms with E-state index in [0.29, 0.717) is 11.7 Å². The first-order chi connectivity index (χ1) is 12.1. The number of carbonyl (C=O) groups excluding carboxylic acids is 1. The first kappa shape index (κ1) is 15.9. The molecule has 0 unspecified atom stereocenters. The van der Waals surface area contributed by atoms with Crippen LogP contribution in [0.25, 0.3) is 11.0 Å². The van der Waals surface area contributed by atoms with Crippen LogP contribution in [0, 0.1) is 19.8 Å². The van der Waals surface area contributed by atoms with Crippen molar-refractivity contribution in [3.8, 4) is 0 Å². The third-order valence-electron chi connectivity index (χ3n) is 5.24. The van der Waals surface area contributed by atoms with Gasteiger partial charge in [-0.25, -0.2) is 4.98 Å². The van der Waals surface area contributed by atoms with Crippen molar-refractivity contribution in [3.63, 3.8) is 0 Å². The van der Waals surface area contributed by atoms with Gasteiger partial charge in [-0.05, 0) is 55.9 Å². The lowest BCUT2D eigenvalue weighted by atomic mass is 9.96. The van der Waals surface area contributed by atoms with E-state index >= 15 is 0 Å². The molecule has 3 heterocycles. The number of amides is 1. The van der Waals surface area contributed by atoms with Crippen LogP contribution in [-0.4, -0.2) is 38.6 Å². The summed E-state index contributed by atoms with van der Waals surface area (Å²) in [6, 6.07) is 6.00. The average molecular weight is 338 g/mol. The SMILES string of the molecule is Cc1cc2ncn(CC3CCN(C(=O)c4ccno4)CC3)c2cc1C. The summed E-state index contributed by atoms with van der Waals surface area (Å²) in [6.07, 6.45) is 5.43. The predicted molar refractivity (Wildman–Crippen MR) is 94.3 cm³/mol. The number of piperidine rings is 1. The maximum absolute atomic E-state index is 12.3. The molecule has 0 N–H and O–H groups in total. The zero-order valence-electron chi connectivity index (χ0n) is 14.6. The van der Waals surface area contributed by atoms with E-state index in [1.54, 1.807) is 6.07 Å². The van der Waals surface area contributed by atoms with Gasteiger partial charge in [0.1, 0.15) is 0 Å². The van der Waals surface area contributed by atoms with E-state index in [9.17, 15) is 4.79 Å². The summed E-state index contributed by atoms with van der Waals surface area (Å²) in [5, 5.41) is 3.61. The number of imidazole rings is 1. The Kier molecular flexibility index (Phi) is 4.03. The van der Waals surface area contributed by atoms with Crippen molar-refractivity contribution in [2.24, 2.45) is 5.92 Å². The summed E-state index contributed by atoms with van der Waals surface area (Å²) < 4.78 is 7.23. The molecular weight excluding hydrogens is 316 g/mol. The molecule has 1 amide bonds. The highest BCUT2D eigenvalue weighted by molar-refractivity contribution is 5.91. The lowest BCUT2D eigenvalue weighted by Gasteiger charge is -2.31. The van der Waals surface area contributed by atoms with Crippen molar-refractivity contribution < 1.29 is 9.32 Å². The smallest absolute Gasteiger partial charge is 0.292 e. The summed E-state index contributed by atoms with van der Waals surface area (Å²) >= 11 is 0. The van der Waals surface area contributed by atoms with Crippen LogP contribution in [0.15, 0.2) is 35.2 Å². The van der Waals surface area contributed by atoms with Gasteiger partial charge in [0.15, 0.2) is 0 Å². The summed E-state index contributed by atoms with van der Waals surface area (Å²) in [6.45, 7) is 6.72. The van der Waals surface area contributed by atoms with E-state index in [1.165, 1.54) is 22.8 Å². The van der Waals surface area contributed by atoms with Gasteiger partial charge >= 0.3 is 0 Å². The molecule has 0 bridgehead atoms. The third-order valence-corrected chi connectivity index (χ3v) is 5.24. The van der Waals surface area contributed by atoms with Gasteiger partial charge in [-0.2, -0.15) is 0 Å². The standard InChI is InChI=1S/C19H22N4O2/c1-13-9-16-17(10-14(13)2)23(12-20-16)11-15-4-7-22(8-5-15)19(24)18-3-6-21-25-18/h3,6,9-10,12,15H,4-5,7-8,11H2,1-2H3. The van der Waals surface area contributed by atoms with Crippen LogP contribution in [0.4, 0.5) is 0 Å². The highest BCUT2D eigenvalue weighted by Gasteiger charge is 2.25. The lowest BCUT2D eigenvalue weighted by Crippen LogP contribution is -2.39. The van der Waals surface area contributed by atoms with Gasteiger partial charge in [0.25, 0.3) is 5.91 Å². The molecule has 6 nitrogen and oxygen atoms in total.